The highest BCUT2D eigenvalue weighted by molar-refractivity contribution is 6.21. The van der Waals surface area contributed by atoms with Crippen LogP contribution < -0.4 is 5.32 Å². The molecule has 1 aromatic heterocycles. The smallest absolute Gasteiger partial charge is 0.338 e. The molecule has 0 fully saturated rings. The molecular formula is C24H18N2O7. The van der Waals surface area contributed by atoms with E-state index in [2.05, 4.69) is 5.32 Å². The second kappa shape index (κ2) is 8.91. The Labute approximate surface area is 187 Å². The predicted octanol–water partition coefficient (Wildman–Crippen LogP) is 3.07. The monoisotopic (exact) mass is 446 g/mol. The van der Waals surface area contributed by atoms with E-state index < -0.39 is 30.3 Å². The Morgan fingerprint density at radius 3 is 2.45 bits per heavy atom. The van der Waals surface area contributed by atoms with E-state index in [0.29, 0.717) is 17.0 Å². The summed E-state index contributed by atoms with van der Waals surface area (Å²) in [6, 6.07) is 13.7. The number of amides is 3. The van der Waals surface area contributed by atoms with E-state index in [9.17, 15) is 24.0 Å². The number of fused-ring (bicyclic) bond motifs is 1. The molecule has 9 heteroatoms. The van der Waals surface area contributed by atoms with E-state index in [1.807, 2.05) is 0 Å². The van der Waals surface area contributed by atoms with Gasteiger partial charge in [-0.2, -0.15) is 0 Å². The zero-order chi connectivity index (χ0) is 23.5. The number of anilines is 1. The van der Waals surface area contributed by atoms with Gasteiger partial charge in [0.2, 0.25) is 0 Å². The van der Waals surface area contributed by atoms with Crippen molar-refractivity contribution in [3.05, 3.63) is 88.9 Å². The van der Waals surface area contributed by atoms with Crippen LogP contribution in [0.4, 0.5) is 5.69 Å². The topological polar surface area (TPSA) is 123 Å². The standard InChI is InChI=1S/C24H18N2O7/c1-14(27)17-6-2-3-7-20(17)25-21(28)13-33-24(31)15-8-9-18-19(11-15)23(30)26(22(18)29)12-16-5-4-10-32-16/h2-11H,12-13H2,1H3,(H,25,28). The lowest BCUT2D eigenvalue weighted by Crippen LogP contribution is -2.28. The van der Waals surface area contributed by atoms with E-state index >= 15 is 0 Å². The van der Waals surface area contributed by atoms with Gasteiger partial charge in [-0.25, -0.2) is 4.79 Å². The van der Waals surface area contributed by atoms with Crippen LogP contribution in [-0.2, 0) is 16.1 Å². The van der Waals surface area contributed by atoms with Crippen molar-refractivity contribution in [2.45, 2.75) is 13.5 Å². The summed E-state index contributed by atoms with van der Waals surface area (Å²) in [6.07, 6.45) is 1.44. The lowest BCUT2D eigenvalue weighted by atomic mass is 10.1. The fourth-order valence-corrected chi connectivity index (χ4v) is 3.42. The lowest BCUT2D eigenvalue weighted by Gasteiger charge is -2.11. The molecular weight excluding hydrogens is 428 g/mol. The third-order valence-corrected chi connectivity index (χ3v) is 5.02. The molecule has 1 aliphatic heterocycles. The highest BCUT2D eigenvalue weighted by Crippen LogP contribution is 2.26. The summed E-state index contributed by atoms with van der Waals surface area (Å²) in [7, 11) is 0. The number of imide groups is 1. The van der Waals surface area contributed by atoms with Crippen LogP contribution in [0.2, 0.25) is 0 Å². The third-order valence-electron chi connectivity index (χ3n) is 5.02. The van der Waals surface area contributed by atoms with Crippen LogP contribution in [0.25, 0.3) is 0 Å². The number of para-hydroxylation sites is 1. The first-order chi connectivity index (χ1) is 15.8. The fraction of sp³-hybridized carbons (Fsp3) is 0.125. The fourth-order valence-electron chi connectivity index (χ4n) is 3.42. The molecule has 0 unspecified atom stereocenters. The summed E-state index contributed by atoms with van der Waals surface area (Å²) in [4.78, 5) is 62.5. The van der Waals surface area contributed by atoms with Crippen LogP contribution in [0.15, 0.2) is 65.3 Å². The minimum atomic E-state index is -0.836. The lowest BCUT2D eigenvalue weighted by molar-refractivity contribution is -0.119. The Morgan fingerprint density at radius 2 is 1.73 bits per heavy atom. The van der Waals surface area contributed by atoms with Crippen LogP contribution >= 0.6 is 0 Å². The quantitative estimate of drug-likeness (QED) is 0.336. The summed E-state index contributed by atoms with van der Waals surface area (Å²) >= 11 is 0. The SMILES string of the molecule is CC(=O)c1ccccc1NC(=O)COC(=O)c1ccc2c(c1)C(=O)N(Cc1ccco1)C2=O. The van der Waals surface area contributed by atoms with Crippen molar-refractivity contribution >= 4 is 35.2 Å². The Bertz CT molecular complexity index is 1280. The predicted molar refractivity (Wildman–Crippen MR) is 115 cm³/mol. The van der Waals surface area contributed by atoms with Crippen LogP contribution in [0.5, 0.6) is 0 Å². The maximum Gasteiger partial charge on any atom is 0.338 e. The van der Waals surface area contributed by atoms with Gasteiger partial charge in [0.1, 0.15) is 5.76 Å². The van der Waals surface area contributed by atoms with Crippen LogP contribution in [-0.4, -0.2) is 41.0 Å². The number of ketones is 1. The molecule has 1 N–H and O–H groups in total. The molecule has 4 rings (SSSR count). The number of nitrogens with one attached hydrogen (secondary N) is 1. The van der Waals surface area contributed by atoms with Gasteiger partial charge in [0.15, 0.2) is 12.4 Å². The summed E-state index contributed by atoms with van der Waals surface area (Å²) in [5.41, 5.74) is 0.900. The summed E-state index contributed by atoms with van der Waals surface area (Å²) in [6.45, 7) is 0.751. The van der Waals surface area contributed by atoms with Crippen molar-refractivity contribution in [1.82, 2.24) is 4.90 Å². The summed E-state index contributed by atoms with van der Waals surface area (Å²) in [5, 5.41) is 2.53. The molecule has 0 spiro atoms. The zero-order valence-corrected chi connectivity index (χ0v) is 17.5. The van der Waals surface area contributed by atoms with Crippen molar-refractivity contribution in [2.24, 2.45) is 0 Å². The first-order valence-corrected chi connectivity index (χ1v) is 9.94. The molecule has 1 aliphatic rings. The molecule has 0 saturated heterocycles. The molecule has 2 aromatic carbocycles. The summed E-state index contributed by atoms with van der Waals surface area (Å²) < 4.78 is 10.2. The molecule has 3 aromatic rings. The van der Waals surface area contributed by atoms with Crippen molar-refractivity contribution in [2.75, 3.05) is 11.9 Å². The zero-order valence-electron chi connectivity index (χ0n) is 17.5. The molecule has 0 saturated carbocycles. The largest absolute Gasteiger partial charge is 0.467 e. The van der Waals surface area contributed by atoms with Crippen LogP contribution in [0, 0.1) is 0 Å². The number of hydrogen-bond donors (Lipinski definition) is 1. The number of carbonyl (C=O) groups excluding carboxylic acids is 5. The number of benzene rings is 2. The second-order valence-electron chi connectivity index (χ2n) is 7.26. The number of hydrogen-bond acceptors (Lipinski definition) is 7. The molecule has 33 heavy (non-hydrogen) atoms. The van der Waals surface area contributed by atoms with E-state index in [4.69, 9.17) is 9.15 Å². The third kappa shape index (κ3) is 4.42. The minimum Gasteiger partial charge on any atom is -0.467 e. The molecule has 3 amide bonds. The first kappa shape index (κ1) is 21.7. The van der Waals surface area contributed by atoms with Crippen LogP contribution in [0.3, 0.4) is 0 Å². The van der Waals surface area contributed by atoms with Crippen molar-refractivity contribution in [3.8, 4) is 0 Å². The molecule has 0 radical (unpaired) electrons. The average Bonchev–Trinajstić information content (AvgIpc) is 3.40. The number of nitrogens with zero attached hydrogens (tertiary/aromatic N) is 1. The van der Waals surface area contributed by atoms with Gasteiger partial charge in [0, 0.05) is 5.56 Å². The van der Waals surface area contributed by atoms with Crippen molar-refractivity contribution < 1.29 is 33.1 Å². The Hall–Kier alpha value is -4.53. The number of furan rings is 1. The van der Waals surface area contributed by atoms with Gasteiger partial charge < -0.3 is 14.5 Å². The van der Waals surface area contributed by atoms with Gasteiger partial charge in [0.25, 0.3) is 17.7 Å². The highest BCUT2D eigenvalue weighted by atomic mass is 16.5. The number of carbonyl (C=O) groups is 5. The van der Waals surface area contributed by atoms with Crippen molar-refractivity contribution in [1.29, 1.82) is 0 Å². The Balaban J connectivity index is 1.41. The molecule has 0 atom stereocenters. The molecule has 0 bridgehead atoms. The maximum absolute atomic E-state index is 12.7. The van der Waals surface area contributed by atoms with Crippen molar-refractivity contribution in [3.63, 3.8) is 0 Å². The normalized spacial score (nSPS) is 12.5. The van der Waals surface area contributed by atoms with Gasteiger partial charge in [-0.3, -0.25) is 24.1 Å². The summed E-state index contributed by atoms with van der Waals surface area (Å²) in [5.74, 6) is -2.29. The van der Waals surface area contributed by atoms with Gasteiger partial charge in [-0.05, 0) is 49.4 Å². The Morgan fingerprint density at radius 1 is 0.970 bits per heavy atom. The molecule has 0 aliphatic carbocycles. The van der Waals surface area contributed by atoms with Gasteiger partial charge in [-0.15, -0.1) is 0 Å². The number of rotatable bonds is 7. The highest BCUT2D eigenvalue weighted by Gasteiger charge is 2.36. The van der Waals surface area contributed by atoms with Gasteiger partial charge in [0.05, 0.1) is 35.2 Å². The maximum atomic E-state index is 12.7. The molecule has 2 heterocycles. The van der Waals surface area contributed by atoms with E-state index in [-0.39, 0.29) is 29.0 Å². The second-order valence-corrected chi connectivity index (χ2v) is 7.26. The van der Waals surface area contributed by atoms with Gasteiger partial charge >= 0.3 is 5.97 Å². The first-order valence-electron chi connectivity index (χ1n) is 9.94. The number of ether oxygens (including phenoxy) is 1. The number of esters is 1. The molecule has 166 valence electrons. The minimum absolute atomic E-state index is 0.0201. The van der Waals surface area contributed by atoms with Gasteiger partial charge in [-0.1, -0.05) is 12.1 Å². The van der Waals surface area contributed by atoms with Crippen LogP contribution in [0.1, 0.15) is 54.1 Å². The van der Waals surface area contributed by atoms with E-state index in [0.717, 1.165) is 4.90 Å². The van der Waals surface area contributed by atoms with E-state index in [1.165, 1.54) is 31.4 Å². The average molecular weight is 446 g/mol. The molecule has 9 nitrogen and oxygen atoms in total. The van der Waals surface area contributed by atoms with E-state index in [1.54, 1.807) is 36.4 Å². The number of Topliss-reactive ketones (excluding diaryl/α,β-unsaturated/α-hetero) is 1. The Kier molecular flexibility index (Phi) is 5.86.